The Hall–Kier alpha value is -2.66. The van der Waals surface area contributed by atoms with Crippen LogP contribution in [0.25, 0.3) is 0 Å². The third kappa shape index (κ3) is 3.46. The molecule has 0 bridgehead atoms. The summed E-state index contributed by atoms with van der Waals surface area (Å²) in [5.74, 6) is 4.48. The number of nitrogens with one attached hydrogen (secondary N) is 1. The maximum absolute atomic E-state index is 11.6. The predicted octanol–water partition coefficient (Wildman–Crippen LogP) is 1.17. The molecule has 8 heteroatoms. The largest absolute Gasteiger partial charge is 0.485 e. The number of thioether (sulfide) groups is 1. The lowest BCUT2D eigenvalue weighted by atomic mass is 10.2. The van der Waals surface area contributed by atoms with Crippen LogP contribution in [0.1, 0.15) is 11.9 Å². The number of carbonyl (C=O) groups is 1. The molecule has 0 saturated heterocycles. The molecule has 1 aromatic carbocycles. The summed E-state index contributed by atoms with van der Waals surface area (Å²) in [5.41, 5.74) is 0. The Bertz CT molecular complexity index is 784. The highest BCUT2D eigenvalue weighted by molar-refractivity contribution is 7.99. The van der Waals surface area contributed by atoms with Crippen molar-refractivity contribution in [1.82, 2.24) is 20.1 Å². The zero-order chi connectivity index (χ0) is 16.9. The van der Waals surface area contributed by atoms with E-state index in [1.165, 1.54) is 11.8 Å². The van der Waals surface area contributed by atoms with Crippen molar-refractivity contribution in [3.63, 3.8) is 0 Å². The van der Waals surface area contributed by atoms with Gasteiger partial charge in [0.25, 0.3) is 0 Å². The van der Waals surface area contributed by atoms with Crippen LogP contribution < -0.4 is 14.8 Å². The number of fused-ring (bicyclic) bond motifs is 1. The fourth-order valence-corrected chi connectivity index (χ4v) is 2.96. The van der Waals surface area contributed by atoms with E-state index in [1.807, 2.05) is 31.3 Å². The summed E-state index contributed by atoms with van der Waals surface area (Å²) in [4.78, 5) is 11.6. The van der Waals surface area contributed by atoms with Crippen molar-refractivity contribution in [2.24, 2.45) is 7.05 Å². The van der Waals surface area contributed by atoms with Crippen molar-refractivity contribution in [3.8, 4) is 23.8 Å². The molecule has 7 nitrogen and oxygen atoms in total. The highest BCUT2D eigenvalue weighted by Gasteiger charge is 2.27. The summed E-state index contributed by atoms with van der Waals surface area (Å²) < 4.78 is 13.4. The molecule has 0 radical (unpaired) electrons. The number of carbonyl (C=O) groups excluding carboxylic acids is 1. The van der Waals surface area contributed by atoms with Crippen molar-refractivity contribution in [1.29, 1.82) is 0 Å². The molecule has 2 aromatic rings. The molecule has 0 fully saturated rings. The summed E-state index contributed by atoms with van der Waals surface area (Å²) >= 11 is 1.29. The van der Waals surface area contributed by atoms with Gasteiger partial charge in [0.15, 0.2) is 28.6 Å². The molecular formula is C16H16N4O3S. The van der Waals surface area contributed by atoms with Gasteiger partial charge in [0.1, 0.15) is 6.61 Å². The van der Waals surface area contributed by atoms with Gasteiger partial charge in [-0.2, -0.15) is 0 Å². The van der Waals surface area contributed by atoms with Gasteiger partial charge >= 0.3 is 0 Å². The lowest BCUT2D eigenvalue weighted by Gasteiger charge is -2.25. The zero-order valence-corrected chi connectivity index (χ0v) is 13.9. The van der Waals surface area contributed by atoms with Gasteiger partial charge in [0.2, 0.25) is 5.91 Å². The van der Waals surface area contributed by atoms with Gasteiger partial charge in [-0.05, 0) is 12.1 Å². The number of terminal acetylenes is 1. The van der Waals surface area contributed by atoms with Gasteiger partial charge in [-0.25, -0.2) is 0 Å². The van der Waals surface area contributed by atoms with Crippen LogP contribution in [-0.4, -0.2) is 39.6 Å². The summed E-state index contributed by atoms with van der Waals surface area (Å²) in [6.45, 7) is 0.576. The van der Waals surface area contributed by atoms with Crippen molar-refractivity contribution in [2.75, 3.05) is 18.9 Å². The average molecular weight is 344 g/mol. The molecule has 24 heavy (non-hydrogen) atoms. The van der Waals surface area contributed by atoms with Crippen molar-refractivity contribution >= 4 is 17.7 Å². The van der Waals surface area contributed by atoms with E-state index in [0.717, 1.165) is 5.75 Å². The molecule has 3 rings (SSSR count). The smallest absolute Gasteiger partial charge is 0.231 e. The molecule has 0 spiro atoms. The first kappa shape index (κ1) is 16.2. The van der Waals surface area contributed by atoms with Crippen LogP contribution in [0, 0.1) is 12.3 Å². The van der Waals surface area contributed by atoms with Gasteiger partial charge in [-0.15, -0.1) is 16.6 Å². The molecule has 1 aliphatic heterocycles. The number of nitrogens with zero attached hydrogens (tertiary/aromatic N) is 3. The Labute approximate surface area is 143 Å². The number of ether oxygens (including phenoxy) is 2. The fourth-order valence-electron chi connectivity index (χ4n) is 2.21. The highest BCUT2D eigenvalue weighted by Crippen LogP contribution is 2.35. The second-order valence-electron chi connectivity index (χ2n) is 5.03. The van der Waals surface area contributed by atoms with Crippen molar-refractivity contribution in [2.45, 2.75) is 11.3 Å². The zero-order valence-electron chi connectivity index (χ0n) is 13.1. The average Bonchev–Trinajstić information content (AvgIpc) is 2.98. The number of hydrogen-bond acceptors (Lipinski definition) is 6. The minimum Gasteiger partial charge on any atom is -0.485 e. The van der Waals surface area contributed by atoms with Gasteiger partial charge in [0.05, 0.1) is 12.3 Å². The van der Waals surface area contributed by atoms with E-state index in [2.05, 4.69) is 21.4 Å². The van der Waals surface area contributed by atoms with E-state index in [4.69, 9.17) is 15.9 Å². The van der Waals surface area contributed by atoms with Gasteiger partial charge in [0, 0.05) is 7.05 Å². The number of para-hydroxylation sites is 2. The normalized spacial score (nSPS) is 15.6. The molecule has 1 N–H and O–H groups in total. The van der Waals surface area contributed by atoms with E-state index < -0.39 is 0 Å². The minimum atomic E-state index is -0.345. The Balaban J connectivity index is 1.65. The molecule has 1 amide bonds. The third-order valence-electron chi connectivity index (χ3n) is 3.39. The predicted molar refractivity (Wildman–Crippen MR) is 88.9 cm³/mol. The van der Waals surface area contributed by atoms with Crippen LogP contribution in [0.2, 0.25) is 0 Å². The van der Waals surface area contributed by atoms with E-state index >= 15 is 0 Å². The first-order chi connectivity index (χ1) is 11.7. The van der Waals surface area contributed by atoms with Crippen LogP contribution in [0.15, 0.2) is 29.4 Å². The standard InChI is InChI=1S/C16H16N4O3S/c1-3-8-17-14(21)10-24-16-19-18-15(20(16)2)13-9-22-11-6-4-5-7-12(11)23-13/h1,4-7,13H,8-10H2,2H3,(H,17,21). The Morgan fingerprint density at radius 3 is 3.04 bits per heavy atom. The van der Waals surface area contributed by atoms with Crippen LogP contribution in [0.3, 0.4) is 0 Å². The molecule has 1 aromatic heterocycles. The first-order valence-electron chi connectivity index (χ1n) is 7.29. The Kier molecular flexibility index (Phi) is 4.91. The molecule has 0 saturated carbocycles. The van der Waals surface area contributed by atoms with Crippen LogP contribution in [-0.2, 0) is 11.8 Å². The SMILES string of the molecule is C#CCNC(=O)CSc1nnc(C2COc3ccccc3O2)n1C. The lowest BCUT2D eigenvalue weighted by Crippen LogP contribution is -2.25. The maximum Gasteiger partial charge on any atom is 0.231 e. The first-order valence-corrected chi connectivity index (χ1v) is 8.28. The second-order valence-corrected chi connectivity index (χ2v) is 5.98. The molecular weight excluding hydrogens is 328 g/mol. The molecule has 2 heterocycles. The molecule has 124 valence electrons. The molecule has 1 unspecified atom stereocenters. The number of aromatic nitrogens is 3. The maximum atomic E-state index is 11.6. The summed E-state index contributed by atoms with van der Waals surface area (Å²) in [6.07, 6.45) is 4.76. The fraction of sp³-hybridized carbons (Fsp3) is 0.312. The topological polar surface area (TPSA) is 78.3 Å². The molecule has 0 aliphatic carbocycles. The summed E-state index contributed by atoms with van der Waals surface area (Å²) in [6, 6.07) is 7.49. The van der Waals surface area contributed by atoms with Crippen molar-refractivity contribution < 1.29 is 14.3 Å². The number of benzene rings is 1. The van der Waals surface area contributed by atoms with Crippen LogP contribution in [0.4, 0.5) is 0 Å². The number of rotatable bonds is 5. The molecule has 1 atom stereocenters. The molecule has 1 aliphatic rings. The third-order valence-corrected chi connectivity index (χ3v) is 4.41. The highest BCUT2D eigenvalue weighted by atomic mass is 32.2. The van der Waals surface area contributed by atoms with E-state index in [0.29, 0.717) is 23.3 Å². The number of hydrogen-bond donors (Lipinski definition) is 1. The van der Waals surface area contributed by atoms with E-state index in [9.17, 15) is 4.79 Å². The number of amides is 1. The minimum absolute atomic E-state index is 0.145. The summed E-state index contributed by atoms with van der Waals surface area (Å²) in [5, 5.41) is 11.5. The van der Waals surface area contributed by atoms with Gasteiger partial charge in [-0.3, -0.25) is 4.79 Å². The van der Waals surface area contributed by atoms with E-state index in [-0.39, 0.29) is 24.3 Å². The lowest BCUT2D eigenvalue weighted by molar-refractivity contribution is -0.118. The van der Waals surface area contributed by atoms with Crippen LogP contribution in [0.5, 0.6) is 11.5 Å². The summed E-state index contributed by atoms with van der Waals surface area (Å²) in [7, 11) is 1.83. The Morgan fingerprint density at radius 1 is 1.46 bits per heavy atom. The van der Waals surface area contributed by atoms with Crippen molar-refractivity contribution in [3.05, 3.63) is 30.1 Å². The van der Waals surface area contributed by atoms with Crippen LogP contribution >= 0.6 is 11.8 Å². The van der Waals surface area contributed by atoms with Gasteiger partial charge in [-0.1, -0.05) is 29.8 Å². The van der Waals surface area contributed by atoms with E-state index in [1.54, 1.807) is 4.57 Å². The quantitative estimate of drug-likeness (QED) is 0.648. The monoisotopic (exact) mass is 344 g/mol. The van der Waals surface area contributed by atoms with Gasteiger partial charge < -0.3 is 19.4 Å². The Morgan fingerprint density at radius 2 is 2.25 bits per heavy atom. The second kappa shape index (κ2) is 7.27.